The lowest BCUT2D eigenvalue weighted by atomic mass is 10.1. The second-order valence-electron chi connectivity index (χ2n) is 6.49. The van der Waals surface area contributed by atoms with Crippen molar-refractivity contribution in [2.75, 3.05) is 31.1 Å². The van der Waals surface area contributed by atoms with E-state index in [4.69, 9.17) is 0 Å². The van der Waals surface area contributed by atoms with Gasteiger partial charge in [0.1, 0.15) is 0 Å². The minimum absolute atomic E-state index is 0.197. The lowest BCUT2D eigenvalue weighted by Gasteiger charge is -2.36. The SMILES string of the molecule is O=C(c1cccc(-c2noc(C(F)(F)F)n2)c1)N1CCN(c2cccnc2)CC1. The van der Waals surface area contributed by atoms with Crippen molar-refractivity contribution < 1.29 is 22.5 Å². The number of rotatable bonds is 3. The molecular formula is C19H16F3N5O2. The number of hydrogen-bond donors (Lipinski definition) is 0. The molecule has 0 N–H and O–H groups in total. The molecule has 1 amide bonds. The molecule has 10 heteroatoms. The quantitative estimate of drug-likeness (QED) is 0.669. The number of amides is 1. The molecule has 1 aromatic carbocycles. The Kier molecular flexibility index (Phi) is 4.91. The maximum atomic E-state index is 12.8. The normalized spacial score (nSPS) is 14.9. The van der Waals surface area contributed by atoms with E-state index in [1.165, 1.54) is 12.1 Å². The smallest absolute Gasteiger partial charge is 0.367 e. The average molecular weight is 403 g/mol. The molecule has 1 saturated heterocycles. The average Bonchev–Trinajstić information content (AvgIpc) is 3.25. The minimum atomic E-state index is -4.72. The van der Waals surface area contributed by atoms with Crippen LogP contribution in [0.25, 0.3) is 11.4 Å². The predicted molar refractivity (Wildman–Crippen MR) is 97.1 cm³/mol. The Bertz CT molecular complexity index is 998. The summed E-state index contributed by atoms with van der Waals surface area (Å²) in [6.45, 7) is 2.38. The molecule has 0 bridgehead atoms. The first-order valence-corrected chi connectivity index (χ1v) is 8.87. The van der Waals surface area contributed by atoms with Gasteiger partial charge in [0.15, 0.2) is 0 Å². The number of hydrogen-bond acceptors (Lipinski definition) is 6. The maximum absolute atomic E-state index is 12.8. The van der Waals surface area contributed by atoms with E-state index in [1.807, 2.05) is 12.1 Å². The largest absolute Gasteiger partial charge is 0.471 e. The monoisotopic (exact) mass is 403 g/mol. The fourth-order valence-corrected chi connectivity index (χ4v) is 3.14. The Hall–Kier alpha value is -3.43. The summed E-state index contributed by atoms with van der Waals surface area (Å²) < 4.78 is 42.2. The molecule has 0 spiro atoms. The molecule has 4 rings (SSSR count). The highest BCUT2D eigenvalue weighted by molar-refractivity contribution is 5.95. The number of halogens is 3. The maximum Gasteiger partial charge on any atom is 0.471 e. The van der Waals surface area contributed by atoms with Crippen molar-refractivity contribution in [3.8, 4) is 11.4 Å². The van der Waals surface area contributed by atoms with Crippen LogP contribution in [0.15, 0.2) is 53.3 Å². The van der Waals surface area contributed by atoms with Crippen LogP contribution in [0.3, 0.4) is 0 Å². The lowest BCUT2D eigenvalue weighted by molar-refractivity contribution is -0.159. The van der Waals surface area contributed by atoms with Crippen LogP contribution >= 0.6 is 0 Å². The molecule has 0 unspecified atom stereocenters. The number of carbonyl (C=O) groups excluding carboxylic acids is 1. The van der Waals surface area contributed by atoms with Crippen LogP contribution in [0.4, 0.5) is 18.9 Å². The molecule has 1 aliphatic heterocycles. The van der Waals surface area contributed by atoms with Gasteiger partial charge >= 0.3 is 12.1 Å². The molecule has 150 valence electrons. The van der Waals surface area contributed by atoms with Crippen molar-refractivity contribution in [3.63, 3.8) is 0 Å². The number of piperazine rings is 1. The molecule has 1 aliphatic rings. The van der Waals surface area contributed by atoms with E-state index >= 15 is 0 Å². The summed E-state index contributed by atoms with van der Waals surface area (Å²) in [5, 5.41) is 3.37. The van der Waals surface area contributed by atoms with E-state index in [0.29, 0.717) is 31.7 Å². The van der Waals surface area contributed by atoms with Crippen LogP contribution in [-0.4, -0.2) is 52.1 Å². The Labute approximate surface area is 163 Å². The van der Waals surface area contributed by atoms with Gasteiger partial charge in [-0.05, 0) is 24.3 Å². The zero-order valence-electron chi connectivity index (χ0n) is 15.1. The number of benzene rings is 1. The summed E-state index contributed by atoms with van der Waals surface area (Å²) in [5.41, 5.74) is 1.64. The highest BCUT2D eigenvalue weighted by Crippen LogP contribution is 2.29. The molecule has 3 heterocycles. The topological polar surface area (TPSA) is 75.4 Å². The van der Waals surface area contributed by atoms with Crippen molar-refractivity contribution in [1.29, 1.82) is 0 Å². The van der Waals surface area contributed by atoms with E-state index in [-0.39, 0.29) is 17.3 Å². The third-order valence-corrected chi connectivity index (χ3v) is 4.61. The molecular weight excluding hydrogens is 387 g/mol. The predicted octanol–water partition coefficient (Wildman–Crippen LogP) is 3.11. The Balaban J connectivity index is 1.46. The first kappa shape index (κ1) is 18.9. The molecule has 0 aliphatic carbocycles. The van der Waals surface area contributed by atoms with Gasteiger partial charge in [-0.1, -0.05) is 17.3 Å². The highest BCUT2D eigenvalue weighted by Gasteiger charge is 2.38. The van der Waals surface area contributed by atoms with Gasteiger partial charge in [0.2, 0.25) is 5.82 Å². The van der Waals surface area contributed by atoms with E-state index in [0.717, 1.165) is 5.69 Å². The van der Waals surface area contributed by atoms with Gasteiger partial charge < -0.3 is 14.3 Å². The summed E-state index contributed by atoms with van der Waals surface area (Å²) in [6.07, 6.45) is -1.23. The number of anilines is 1. The van der Waals surface area contributed by atoms with Crippen molar-refractivity contribution in [2.24, 2.45) is 0 Å². The minimum Gasteiger partial charge on any atom is -0.367 e. The van der Waals surface area contributed by atoms with Crippen LogP contribution in [0.1, 0.15) is 16.2 Å². The lowest BCUT2D eigenvalue weighted by Crippen LogP contribution is -2.48. The van der Waals surface area contributed by atoms with Crippen LogP contribution in [-0.2, 0) is 6.18 Å². The van der Waals surface area contributed by atoms with Gasteiger partial charge in [0.25, 0.3) is 5.91 Å². The van der Waals surface area contributed by atoms with Crippen molar-refractivity contribution >= 4 is 11.6 Å². The number of alkyl halides is 3. The van der Waals surface area contributed by atoms with Gasteiger partial charge in [-0.2, -0.15) is 18.2 Å². The molecule has 0 radical (unpaired) electrons. The van der Waals surface area contributed by atoms with Crippen LogP contribution in [0.2, 0.25) is 0 Å². The molecule has 7 nitrogen and oxygen atoms in total. The summed E-state index contributed by atoms with van der Waals surface area (Å²) in [7, 11) is 0. The molecule has 1 fully saturated rings. The second-order valence-corrected chi connectivity index (χ2v) is 6.49. The van der Waals surface area contributed by atoms with Crippen molar-refractivity contribution in [3.05, 3.63) is 60.2 Å². The first-order valence-electron chi connectivity index (χ1n) is 8.87. The van der Waals surface area contributed by atoms with E-state index in [1.54, 1.807) is 29.4 Å². The van der Waals surface area contributed by atoms with Crippen LogP contribution in [0.5, 0.6) is 0 Å². The zero-order valence-corrected chi connectivity index (χ0v) is 15.1. The number of aromatic nitrogens is 3. The molecule has 2 aromatic heterocycles. The first-order chi connectivity index (χ1) is 13.9. The molecule has 3 aromatic rings. The van der Waals surface area contributed by atoms with E-state index in [2.05, 4.69) is 24.5 Å². The molecule has 29 heavy (non-hydrogen) atoms. The molecule has 0 atom stereocenters. The number of nitrogens with zero attached hydrogens (tertiary/aromatic N) is 5. The van der Waals surface area contributed by atoms with Gasteiger partial charge in [-0.15, -0.1) is 0 Å². The summed E-state index contributed by atoms with van der Waals surface area (Å²) >= 11 is 0. The van der Waals surface area contributed by atoms with E-state index in [9.17, 15) is 18.0 Å². The van der Waals surface area contributed by atoms with E-state index < -0.39 is 12.1 Å². The fraction of sp³-hybridized carbons (Fsp3) is 0.263. The van der Waals surface area contributed by atoms with Crippen molar-refractivity contribution in [2.45, 2.75) is 6.18 Å². The zero-order chi connectivity index (χ0) is 20.4. The summed E-state index contributed by atoms with van der Waals surface area (Å²) in [4.78, 5) is 24.2. The summed E-state index contributed by atoms with van der Waals surface area (Å²) in [5.74, 6) is -1.83. The highest BCUT2D eigenvalue weighted by atomic mass is 19.4. The van der Waals surface area contributed by atoms with Gasteiger partial charge in [-0.3, -0.25) is 9.78 Å². The number of pyridine rings is 1. The Morgan fingerprint density at radius 3 is 2.52 bits per heavy atom. The fourth-order valence-electron chi connectivity index (χ4n) is 3.14. The third-order valence-electron chi connectivity index (χ3n) is 4.61. The van der Waals surface area contributed by atoms with Crippen molar-refractivity contribution in [1.82, 2.24) is 20.0 Å². The van der Waals surface area contributed by atoms with Gasteiger partial charge in [0.05, 0.1) is 11.9 Å². The second kappa shape index (κ2) is 7.53. The van der Waals surface area contributed by atoms with Crippen LogP contribution in [0, 0.1) is 0 Å². The Morgan fingerprint density at radius 2 is 1.86 bits per heavy atom. The van der Waals surface area contributed by atoms with Gasteiger partial charge in [-0.25, -0.2) is 0 Å². The third kappa shape index (κ3) is 4.05. The standard InChI is InChI=1S/C19H16F3N5O2/c20-19(21,22)18-24-16(25-29-18)13-3-1-4-14(11-13)17(28)27-9-7-26(8-10-27)15-5-2-6-23-12-15/h1-6,11-12H,7-10H2. The van der Waals surface area contributed by atoms with Gasteiger partial charge in [0, 0.05) is 43.5 Å². The summed E-state index contributed by atoms with van der Waals surface area (Å²) in [6, 6.07) is 10.0. The van der Waals surface area contributed by atoms with Crippen LogP contribution < -0.4 is 4.90 Å². The Morgan fingerprint density at radius 1 is 1.07 bits per heavy atom. The number of carbonyl (C=O) groups is 1. The molecule has 0 saturated carbocycles.